The number of aromatic nitrogens is 1. The molecule has 4 rings (SSSR count). The maximum Gasteiger partial charge on any atom is 0.171 e. The quantitative estimate of drug-likeness (QED) is 0.564. The van der Waals surface area contributed by atoms with Crippen molar-refractivity contribution in [3.8, 4) is 0 Å². The molecule has 1 aromatic heterocycles. The Kier molecular flexibility index (Phi) is 4.68. The standard InChI is InChI=1S/C22H25N3S/c1-14-6-5-9-19(15(14)2)25-22(26)23-13-16-10-11-21-18(12-16)17-7-3-4-8-20(17)24-21/h5-6,9-12,24H,3-4,7-8,13H2,1-2H3,(H2,23,25,26). The number of hydrogen-bond acceptors (Lipinski definition) is 1. The molecular formula is C22H25N3S. The van der Waals surface area contributed by atoms with Gasteiger partial charge < -0.3 is 15.6 Å². The van der Waals surface area contributed by atoms with Gasteiger partial charge in [-0.05, 0) is 92.2 Å². The number of nitrogens with one attached hydrogen (secondary N) is 3. The van der Waals surface area contributed by atoms with Gasteiger partial charge in [0.05, 0.1) is 0 Å². The molecule has 0 bridgehead atoms. The Balaban J connectivity index is 1.45. The number of H-pyrrole nitrogens is 1. The minimum atomic E-state index is 0.662. The fourth-order valence-corrected chi connectivity index (χ4v) is 3.98. The zero-order chi connectivity index (χ0) is 18.1. The normalized spacial score (nSPS) is 13.5. The lowest BCUT2D eigenvalue weighted by Gasteiger charge is -2.14. The molecule has 0 aliphatic heterocycles. The van der Waals surface area contributed by atoms with Crippen molar-refractivity contribution in [3.05, 3.63) is 64.3 Å². The van der Waals surface area contributed by atoms with Gasteiger partial charge in [-0.1, -0.05) is 18.2 Å². The van der Waals surface area contributed by atoms with Crippen LogP contribution in [-0.2, 0) is 19.4 Å². The molecule has 1 aliphatic rings. The number of anilines is 1. The monoisotopic (exact) mass is 363 g/mol. The molecule has 1 heterocycles. The zero-order valence-electron chi connectivity index (χ0n) is 15.4. The summed E-state index contributed by atoms with van der Waals surface area (Å²) in [7, 11) is 0. The second-order valence-corrected chi connectivity index (χ2v) is 7.63. The number of hydrogen-bond donors (Lipinski definition) is 3. The van der Waals surface area contributed by atoms with Crippen molar-refractivity contribution in [2.24, 2.45) is 0 Å². The summed E-state index contributed by atoms with van der Waals surface area (Å²) in [5.74, 6) is 0. The molecule has 0 spiro atoms. The Labute approximate surface area is 160 Å². The van der Waals surface area contributed by atoms with Crippen molar-refractivity contribution >= 4 is 33.9 Å². The van der Waals surface area contributed by atoms with E-state index in [-0.39, 0.29) is 0 Å². The maximum atomic E-state index is 5.49. The van der Waals surface area contributed by atoms with Crippen molar-refractivity contribution in [1.82, 2.24) is 10.3 Å². The first-order chi connectivity index (χ1) is 12.6. The molecule has 0 atom stereocenters. The van der Waals surface area contributed by atoms with E-state index in [0.29, 0.717) is 5.11 Å². The SMILES string of the molecule is Cc1cccc(NC(=S)NCc2ccc3[nH]c4c(c3c2)CCCC4)c1C. The van der Waals surface area contributed by atoms with Crippen LogP contribution in [0.1, 0.15) is 40.8 Å². The summed E-state index contributed by atoms with van der Waals surface area (Å²) in [5.41, 5.74) is 9.04. The van der Waals surface area contributed by atoms with E-state index in [0.717, 1.165) is 12.2 Å². The highest BCUT2D eigenvalue weighted by Gasteiger charge is 2.15. The molecule has 0 saturated heterocycles. The van der Waals surface area contributed by atoms with Crippen LogP contribution < -0.4 is 10.6 Å². The molecule has 0 unspecified atom stereocenters. The molecule has 0 saturated carbocycles. The summed E-state index contributed by atoms with van der Waals surface area (Å²) >= 11 is 5.49. The van der Waals surface area contributed by atoms with Crippen LogP contribution in [0.3, 0.4) is 0 Å². The largest absolute Gasteiger partial charge is 0.358 e. The second kappa shape index (κ2) is 7.12. The van der Waals surface area contributed by atoms with Crippen LogP contribution in [0.4, 0.5) is 5.69 Å². The molecule has 4 heteroatoms. The van der Waals surface area contributed by atoms with E-state index in [1.165, 1.54) is 64.5 Å². The highest BCUT2D eigenvalue weighted by Crippen LogP contribution is 2.29. The van der Waals surface area contributed by atoms with Gasteiger partial charge in [0.2, 0.25) is 0 Å². The van der Waals surface area contributed by atoms with Crippen LogP contribution in [0.15, 0.2) is 36.4 Å². The van der Waals surface area contributed by atoms with Crippen LogP contribution in [0.2, 0.25) is 0 Å². The first kappa shape index (κ1) is 17.1. The van der Waals surface area contributed by atoms with E-state index in [2.05, 4.69) is 65.9 Å². The third-order valence-electron chi connectivity index (χ3n) is 5.47. The van der Waals surface area contributed by atoms with Crippen LogP contribution in [0, 0.1) is 13.8 Å². The first-order valence-corrected chi connectivity index (χ1v) is 9.76. The first-order valence-electron chi connectivity index (χ1n) is 9.35. The van der Waals surface area contributed by atoms with Crippen molar-refractivity contribution in [1.29, 1.82) is 0 Å². The predicted molar refractivity (Wildman–Crippen MR) is 114 cm³/mol. The van der Waals surface area contributed by atoms with Gasteiger partial charge in [0, 0.05) is 28.8 Å². The predicted octanol–water partition coefficient (Wildman–Crippen LogP) is 5.15. The minimum Gasteiger partial charge on any atom is -0.358 e. The van der Waals surface area contributed by atoms with E-state index < -0.39 is 0 Å². The van der Waals surface area contributed by atoms with Crippen LogP contribution in [0.5, 0.6) is 0 Å². The molecule has 2 aromatic carbocycles. The molecule has 134 valence electrons. The van der Waals surface area contributed by atoms with E-state index in [9.17, 15) is 0 Å². The van der Waals surface area contributed by atoms with Crippen molar-refractivity contribution in [3.63, 3.8) is 0 Å². The van der Waals surface area contributed by atoms with Gasteiger partial charge in [0.1, 0.15) is 0 Å². The number of benzene rings is 2. The zero-order valence-corrected chi connectivity index (χ0v) is 16.2. The van der Waals surface area contributed by atoms with Gasteiger partial charge in [-0.15, -0.1) is 0 Å². The summed E-state index contributed by atoms with van der Waals surface area (Å²) in [5, 5.41) is 8.70. The fraction of sp³-hybridized carbons (Fsp3) is 0.318. The topological polar surface area (TPSA) is 39.8 Å². The highest BCUT2D eigenvalue weighted by atomic mass is 32.1. The van der Waals surface area contributed by atoms with Gasteiger partial charge in [0.15, 0.2) is 5.11 Å². The lowest BCUT2D eigenvalue weighted by atomic mass is 9.95. The summed E-state index contributed by atoms with van der Waals surface area (Å²) in [6.07, 6.45) is 4.97. The smallest absolute Gasteiger partial charge is 0.171 e. The molecular weight excluding hydrogens is 338 g/mol. The van der Waals surface area contributed by atoms with E-state index >= 15 is 0 Å². The Morgan fingerprint density at radius 2 is 1.96 bits per heavy atom. The van der Waals surface area contributed by atoms with Crippen molar-refractivity contribution < 1.29 is 0 Å². The summed E-state index contributed by atoms with van der Waals surface area (Å²) in [4.78, 5) is 3.59. The van der Waals surface area contributed by atoms with Gasteiger partial charge >= 0.3 is 0 Å². The fourth-order valence-electron chi connectivity index (χ4n) is 3.80. The molecule has 3 N–H and O–H groups in total. The van der Waals surface area contributed by atoms with E-state index in [1.807, 2.05) is 0 Å². The van der Waals surface area contributed by atoms with Gasteiger partial charge in [-0.25, -0.2) is 0 Å². The number of rotatable bonds is 3. The molecule has 1 aliphatic carbocycles. The highest BCUT2D eigenvalue weighted by molar-refractivity contribution is 7.80. The number of aryl methyl sites for hydroxylation is 3. The van der Waals surface area contributed by atoms with Gasteiger partial charge in [0.25, 0.3) is 0 Å². The number of thiocarbonyl (C=S) groups is 1. The van der Waals surface area contributed by atoms with E-state index in [4.69, 9.17) is 12.2 Å². The van der Waals surface area contributed by atoms with E-state index in [1.54, 1.807) is 0 Å². The lowest BCUT2D eigenvalue weighted by molar-refractivity contribution is 0.680. The van der Waals surface area contributed by atoms with Crippen molar-refractivity contribution in [2.45, 2.75) is 46.1 Å². The maximum absolute atomic E-state index is 5.49. The molecule has 26 heavy (non-hydrogen) atoms. The van der Waals surface area contributed by atoms with Gasteiger partial charge in [-0.2, -0.15) is 0 Å². The Bertz CT molecular complexity index is 971. The van der Waals surface area contributed by atoms with Crippen LogP contribution >= 0.6 is 12.2 Å². The Morgan fingerprint density at radius 1 is 1.12 bits per heavy atom. The summed E-state index contributed by atoms with van der Waals surface area (Å²) in [6, 6.07) is 12.9. The van der Waals surface area contributed by atoms with Crippen molar-refractivity contribution in [2.75, 3.05) is 5.32 Å². The van der Waals surface area contributed by atoms with Crippen LogP contribution in [0.25, 0.3) is 10.9 Å². The minimum absolute atomic E-state index is 0.662. The Morgan fingerprint density at radius 3 is 2.85 bits per heavy atom. The van der Waals surface area contributed by atoms with Crippen LogP contribution in [-0.4, -0.2) is 10.1 Å². The average Bonchev–Trinajstić information content (AvgIpc) is 3.02. The Hall–Kier alpha value is -2.33. The third-order valence-corrected chi connectivity index (χ3v) is 5.71. The summed E-state index contributed by atoms with van der Waals surface area (Å²) in [6.45, 7) is 4.96. The number of aromatic amines is 1. The molecule has 3 nitrogen and oxygen atoms in total. The average molecular weight is 364 g/mol. The molecule has 0 amide bonds. The molecule has 0 radical (unpaired) electrons. The third kappa shape index (κ3) is 3.34. The molecule has 3 aromatic rings. The number of fused-ring (bicyclic) bond motifs is 3. The summed E-state index contributed by atoms with van der Waals surface area (Å²) < 4.78 is 0. The second-order valence-electron chi connectivity index (χ2n) is 7.22. The molecule has 0 fully saturated rings. The lowest BCUT2D eigenvalue weighted by Crippen LogP contribution is -2.28. The van der Waals surface area contributed by atoms with Gasteiger partial charge in [-0.3, -0.25) is 0 Å².